The van der Waals surface area contributed by atoms with Gasteiger partial charge < -0.3 is 10.2 Å². The molecule has 0 aliphatic heterocycles. The summed E-state index contributed by atoms with van der Waals surface area (Å²) in [5.74, 6) is -1.45. The lowest BCUT2D eigenvalue weighted by atomic mass is 9.64. The van der Waals surface area contributed by atoms with Crippen LogP contribution >= 0.6 is 0 Å². The number of rotatable bonds is 2. The van der Waals surface area contributed by atoms with Crippen LogP contribution in [-0.4, -0.2) is 28.6 Å². The van der Waals surface area contributed by atoms with Crippen LogP contribution in [0.25, 0.3) is 0 Å². The minimum atomic E-state index is -4.25. The number of hydrogen-bond acceptors (Lipinski definition) is 2. The molecule has 1 fully saturated rings. The van der Waals surface area contributed by atoms with E-state index in [9.17, 15) is 18.3 Å². The van der Waals surface area contributed by atoms with Gasteiger partial charge in [-0.05, 0) is 25.7 Å². The molecule has 0 radical (unpaired) electrons. The Morgan fingerprint density at radius 3 is 2.31 bits per heavy atom. The summed E-state index contributed by atoms with van der Waals surface area (Å²) < 4.78 is 37.8. The van der Waals surface area contributed by atoms with E-state index >= 15 is 0 Å². The minimum Gasteiger partial charge on any atom is -0.396 e. The van der Waals surface area contributed by atoms with Gasteiger partial charge in [-0.15, -0.1) is 0 Å². The molecule has 96 valence electrons. The fraction of sp³-hybridized carbons (Fsp3) is 1.00. The monoisotopic (exact) mass is 240 g/mol. The van der Waals surface area contributed by atoms with Gasteiger partial charge in [-0.25, -0.2) is 0 Å². The summed E-state index contributed by atoms with van der Waals surface area (Å²) in [6.07, 6.45) is -3.80. The molecule has 1 rings (SSSR count). The lowest BCUT2D eigenvalue weighted by Crippen LogP contribution is -2.51. The van der Waals surface area contributed by atoms with E-state index in [2.05, 4.69) is 0 Å². The maximum atomic E-state index is 12.6. The molecule has 2 unspecified atom stereocenters. The van der Waals surface area contributed by atoms with Gasteiger partial charge in [0, 0.05) is 5.41 Å². The van der Waals surface area contributed by atoms with Crippen molar-refractivity contribution in [3.8, 4) is 0 Å². The van der Waals surface area contributed by atoms with Gasteiger partial charge in [0.05, 0.1) is 18.1 Å². The van der Waals surface area contributed by atoms with Crippen LogP contribution in [0.2, 0.25) is 0 Å². The molecule has 2 nitrogen and oxygen atoms in total. The lowest BCUT2D eigenvalue weighted by molar-refractivity contribution is -0.217. The first-order valence-electron chi connectivity index (χ1n) is 5.52. The second-order valence-corrected chi connectivity index (χ2v) is 5.41. The largest absolute Gasteiger partial charge is 0.396 e. The van der Waals surface area contributed by atoms with Crippen molar-refractivity contribution in [1.29, 1.82) is 0 Å². The molecule has 2 atom stereocenters. The van der Waals surface area contributed by atoms with Crippen molar-refractivity contribution in [2.75, 3.05) is 6.61 Å². The van der Waals surface area contributed by atoms with E-state index in [0.29, 0.717) is 12.8 Å². The predicted molar refractivity (Wildman–Crippen MR) is 53.8 cm³/mol. The highest BCUT2D eigenvalue weighted by molar-refractivity contribution is 4.98. The number of aliphatic hydroxyl groups excluding tert-OH is 1. The summed E-state index contributed by atoms with van der Waals surface area (Å²) in [6, 6.07) is 0. The van der Waals surface area contributed by atoms with Crippen LogP contribution in [-0.2, 0) is 0 Å². The van der Waals surface area contributed by atoms with Crippen molar-refractivity contribution < 1.29 is 23.4 Å². The van der Waals surface area contributed by atoms with Gasteiger partial charge in [-0.1, -0.05) is 13.8 Å². The van der Waals surface area contributed by atoms with E-state index in [1.54, 1.807) is 13.8 Å². The van der Waals surface area contributed by atoms with Crippen LogP contribution in [0.3, 0.4) is 0 Å². The highest BCUT2D eigenvalue weighted by Gasteiger charge is 2.52. The van der Waals surface area contributed by atoms with Crippen LogP contribution in [0, 0.1) is 11.3 Å². The fourth-order valence-electron chi connectivity index (χ4n) is 2.29. The zero-order valence-corrected chi connectivity index (χ0v) is 9.64. The molecule has 0 aromatic heterocycles. The Balaban J connectivity index is 2.84. The van der Waals surface area contributed by atoms with Gasteiger partial charge in [0.25, 0.3) is 0 Å². The third-order valence-corrected chi connectivity index (χ3v) is 3.84. The van der Waals surface area contributed by atoms with Crippen LogP contribution in [0.1, 0.15) is 39.5 Å². The van der Waals surface area contributed by atoms with Crippen molar-refractivity contribution in [3.63, 3.8) is 0 Å². The normalized spacial score (nSPS) is 32.8. The van der Waals surface area contributed by atoms with Crippen molar-refractivity contribution in [1.82, 2.24) is 0 Å². The highest BCUT2D eigenvalue weighted by atomic mass is 19.4. The van der Waals surface area contributed by atoms with Gasteiger partial charge in [0.1, 0.15) is 0 Å². The summed E-state index contributed by atoms with van der Waals surface area (Å²) >= 11 is 0. The summed E-state index contributed by atoms with van der Waals surface area (Å²) in [5.41, 5.74) is -2.31. The fourth-order valence-corrected chi connectivity index (χ4v) is 2.29. The maximum Gasteiger partial charge on any atom is 0.391 e. The second-order valence-electron chi connectivity index (χ2n) is 5.41. The number of halogens is 3. The Hall–Kier alpha value is -0.290. The Kier molecular flexibility index (Phi) is 3.60. The molecule has 0 amide bonds. The Bertz CT molecular complexity index is 250. The van der Waals surface area contributed by atoms with Crippen LogP contribution in [0.15, 0.2) is 0 Å². The third kappa shape index (κ3) is 2.51. The second kappa shape index (κ2) is 4.18. The number of aliphatic hydroxyl groups is 2. The molecule has 0 aromatic rings. The molecule has 0 spiro atoms. The lowest BCUT2D eigenvalue weighted by Gasteiger charge is -2.47. The molecule has 1 aliphatic rings. The minimum absolute atomic E-state index is 0.0767. The molecule has 0 aromatic carbocycles. The summed E-state index contributed by atoms with van der Waals surface area (Å²) in [6.45, 7) is 2.89. The molecular formula is C11H19F3O2. The van der Waals surface area contributed by atoms with Crippen molar-refractivity contribution >= 4 is 0 Å². The molecule has 1 saturated carbocycles. The van der Waals surface area contributed by atoms with E-state index in [-0.39, 0.29) is 19.4 Å². The van der Waals surface area contributed by atoms with E-state index in [0.717, 1.165) is 0 Å². The summed E-state index contributed by atoms with van der Waals surface area (Å²) in [5, 5.41) is 19.4. The number of hydrogen-bond donors (Lipinski definition) is 2. The first kappa shape index (κ1) is 13.8. The predicted octanol–water partition coefficient (Wildman–Crippen LogP) is 2.49. The first-order chi connectivity index (χ1) is 7.12. The van der Waals surface area contributed by atoms with Crippen molar-refractivity contribution in [2.24, 2.45) is 11.3 Å². The maximum absolute atomic E-state index is 12.6. The van der Waals surface area contributed by atoms with Crippen LogP contribution in [0.5, 0.6) is 0 Å². The smallest absolute Gasteiger partial charge is 0.391 e. The van der Waals surface area contributed by atoms with Gasteiger partial charge in [0.15, 0.2) is 0 Å². The molecule has 0 saturated heterocycles. The molecule has 5 heteroatoms. The summed E-state index contributed by atoms with van der Waals surface area (Å²) in [7, 11) is 0. The van der Waals surface area contributed by atoms with Gasteiger partial charge >= 0.3 is 6.18 Å². The average molecular weight is 240 g/mol. The molecule has 16 heavy (non-hydrogen) atoms. The molecular weight excluding hydrogens is 221 g/mol. The summed E-state index contributed by atoms with van der Waals surface area (Å²) in [4.78, 5) is 0. The van der Waals surface area contributed by atoms with E-state index in [4.69, 9.17) is 5.11 Å². The Labute approximate surface area is 93.5 Å². The highest BCUT2D eigenvalue weighted by Crippen LogP contribution is 2.48. The van der Waals surface area contributed by atoms with Gasteiger partial charge in [-0.2, -0.15) is 13.2 Å². The first-order valence-corrected chi connectivity index (χ1v) is 5.52. The SMILES string of the molecule is CC(C)(CO)C1(O)CCCC(C(F)(F)F)C1. The topological polar surface area (TPSA) is 40.5 Å². The average Bonchev–Trinajstić information content (AvgIpc) is 2.16. The van der Waals surface area contributed by atoms with E-state index < -0.39 is 23.1 Å². The molecule has 0 heterocycles. The molecule has 1 aliphatic carbocycles. The number of alkyl halides is 3. The Morgan fingerprint density at radius 1 is 1.31 bits per heavy atom. The zero-order valence-electron chi connectivity index (χ0n) is 9.64. The van der Waals surface area contributed by atoms with Gasteiger partial charge in [-0.3, -0.25) is 0 Å². The third-order valence-electron chi connectivity index (χ3n) is 3.84. The van der Waals surface area contributed by atoms with Crippen LogP contribution < -0.4 is 0 Å². The molecule has 0 bridgehead atoms. The van der Waals surface area contributed by atoms with E-state index in [1.165, 1.54) is 0 Å². The Morgan fingerprint density at radius 2 is 1.88 bits per heavy atom. The van der Waals surface area contributed by atoms with Crippen molar-refractivity contribution in [3.05, 3.63) is 0 Å². The van der Waals surface area contributed by atoms with Gasteiger partial charge in [0.2, 0.25) is 0 Å². The molecule has 2 N–H and O–H groups in total. The quantitative estimate of drug-likeness (QED) is 0.778. The standard InChI is InChI=1S/C11H19F3O2/c1-9(2,7-15)10(16)5-3-4-8(6-10)11(12,13)14/h8,15-16H,3-7H2,1-2H3. The van der Waals surface area contributed by atoms with Crippen molar-refractivity contribution in [2.45, 2.75) is 51.3 Å². The van der Waals surface area contributed by atoms with E-state index in [1.807, 2.05) is 0 Å². The zero-order chi connectivity index (χ0) is 12.6. The van der Waals surface area contributed by atoms with Crippen LogP contribution in [0.4, 0.5) is 13.2 Å².